The second-order valence-electron chi connectivity index (χ2n) is 5.94. The van der Waals surface area contributed by atoms with Gasteiger partial charge in [-0.25, -0.2) is 5.43 Å². The minimum atomic E-state index is -0.342. The Labute approximate surface area is 158 Å². The number of anilines is 1. The minimum absolute atomic E-state index is 0.342. The van der Waals surface area contributed by atoms with Crippen molar-refractivity contribution in [3.05, 3.63) is 95.6 Å². The quantitative estimate of drug-likeness (QED) is 0.384. The molecular formula is C22H21N3O2. The Bertz CT molecular complexity index is 906. The van der Waals surface area contributed by atoms with Crippen LogP contribution in [0, 0.1) is 0 Å². The topological polar surface area (TPSA) is 76.7 Å². The summed E-state index contributed by atoms with van der Waals surface area (Å²) in [4.78, 5) is 12.0. The number of rotatable bonds is 7. The van der Waals surface area contributed by atoms with Gasteiger partial charge in [-0.2, -0.15) is 5.10 Å². The molecular weight excluding hydrogens is 338 g/mol. The van der Waals surface area contributed by atoms with Crippen LogP contribution in [0.4, 0.5) is 5.69 Å². The summed E-state index contributed by atoms with van der Waals surface area (Å²) in [6, 6.07) is 24.6. The van der Waals surface area contributed by atoms with Crippen LogP contribution >= 0.6 is 0 Å². The van der Waals surface area contributed by atoms with Gasteiger partial charge in [0.05, 0.1) is 18.4 Å². The number of nitrogens with two attached hydrogens (primary N) is 1. The molecule has 3 aromatic rings. The van der Waals surface area contributed by atoms with Crippen molar-refractivity contribution >= 4 is 17.8 Å². The van der Waals surface area contributed by atoms with Gasteiger partial charge in [-0.3, -0.25) is 4.79 Å². The molecule has 0 aliphatic heterocycles. The average Bonchev–Trinajstić information content (AvgIpc) is 2.70. The Morgan fingerprint density at radius 2 is 1.67 bits per heavy atom. The molecule has 0 saturated heterocycles. The number of amides is 1. The largest absolute Gasteiger partial charge is 0.493 e. The number of para-hydroxylation sites is 1. The molecule has 3 N–H and O–H groups in total. The number of benzene rings is 3. The predicted octanol–water partition coefficient (Wildman–Crippen LogP) is 3.65. The third kappa shape index (κ3) is 5.44. The Morgan fingerprint density at radius 3 is 2.41 bits per heavy atom. The molecule has 1 amide bonds. The van der Waals surface area contributed by atoms with Crippen LogP contribution in [0.1, 0.15) is 21.5 Å². The number of nitrogens with one attached hydrogen (secondary N) is 1. The van der Waals surface area contributed by atoms with E-state index in [9.17, 15) is 4.79 Å². The molecule has 5 nitrogen and oxygen atoms in total. The monoisotopic (exact) mass is 359 g/mol. The van der Waals surface area contributed by atoms with Crippen LogP contribution < -0.4 is 15.9 Å². The summed E-state index contributed by atoms with van der Waals surface area (Å²) in [5, 5.41) is 3.97. The number of hydrogen-bond donors (Lipinski definition) is 2. The van der Waals surface area contributed by atoms with E-state index in [-0.39, 0.29) is 5.91 Å². The first-order chi connectivity index (χ1) is 13.2. The third-order valence-corrected chi connectivity index (χ3v) is 3.97. The van der Waals surface area contributed by atoms with Crippen LogP contribution in [-0.4, -0.2) is 18.7 Å². The van der Waals surface area contributed by atoms with Crippen LogP contribution in [0.25, 0.3) is 0 Å². The van der Waals surface area contributed by atoms with Crippen LogP contribution in [0.5, 0.6) is 5.75 Å². The smallest absolute Gasteiger partial charge is 0.273 e. The van der Waals surface area contributed by atoms with Crippen LogP contribution in [0.2, 0.25) is 0 Å². The lowest BCUT2D eigenvalue weighted by Gasteiger charge is -2.06. The van der Waals surface area contributed by atoms with Gasteiger partial charge in [0.25, 0.3) is 5.91 Å². The van der Waals surface area contributed by atoms with Gasteiger partial charge in [0.2, 0.25) is 0 Å². The Balaban J connectivity index is 1.48. The molecule has 0 bridgehead atoms. The summed E-state index contributed by atoms with van der Waals surface area (Å²) in [5.74, 6) is 0.453. The molecule has 0 aliphatic rings. The Hall–Kier alpha value is -3.60. The molecule has 3 rings (SSSR count). The number of hydrazone groups is 1. The van der Waals surface area contributed by atoms with Crippen molar-refractivity contribution in [2.45, 2.75) is 6.42 Å². The number of ether oxygens (including phenoxy) is 1. The van der Waals surface area contributed by atoms with E-state index in [2.05, 4.69) is 22.7 Å². The minimum Gasteiger partial charge on any atom is -0.493 e. The van der Waals surface area contributed by atoms with Gasteiger partial charge >= 0.3 is 0 Å². The summed E-state index contributed by atoms with van der Waals surface area (Å²) in [6.45, 7) is 0.617. The molecule has 0 fully saturated rings. The predicted molar refractivity (Wildman–Crippen MR) is 108 cm³/mol. The molecule has 0 aromatic heterocycles. The molecule has 0 heterocycles. The zero-order chi connectivity index (χ0) is 18.9. The third-order valence-electron chi connectivity index (χ3n) is 3.97. The number of nitrogen functional groups attached to an aromatic ring is 1. The van der Waals surface area contributed by atoms with Crippen LogP contribution in [0.3, 0.4) is 0 Å². The van der Waals surface area contributed by atoms with E-state index in [0.29, 0.717) is 17.9 Å². The maximum Gasteiger partial charge on any atom is 0.273 e. The van der Waals surface area contributed by atoms with Crippen LogP contribution in [0.15, 0.2) is 84.0 Å². The zero-order valence-electron chi connectivity index (χ0n) is 14.8. The van der Waals surface area contributed by atoms with Gasteiger partial charge in [0, 0.05) is 12.1 Å². The maximum atomic E-state index is 12.0. The molecule has 27 heavy (non-hydrogen) atoms. The van der Waals surface area contributed by atoms with E-state index in [1.54, 1.807) is 30.5 Å². The molecule has 0 aliphatic carbocycles. The average molecular weight is 359 g/mol. The highest BCUT2D eigenvalue weighted by molar-refractivity contribution is 5.99. The van der Waals surface area contributed by atoms with E-state index in [1.165, 1.54) is 5.56 Å². The van der Waals surface area contributed by atoms with E-state index < -0.39 is 0 Å². The normalized spacial score (nSPS) is 10.7. The van der Waals surface area contributed by atoms with Crippen molar-refractivity contribution in [1.82, 2.24) is 5.43 Å². The summed E-state index contributed by atoms with van der Waals surface area (Å²) in [6.07, 6.45) is 2.43. The van der Waals surface area contributed by atoms with Crippen molar-refractivity contribution in [1.29, 1.82) is 0 Å². The lowest BCUT2D eigenvalue weighted by atomic mass is 10.2. The molecule has 0 saturated carbocycles. The Morgan fingerprint density at radius 1 is 0.963 bits per heavy atom. The SMILES string of the molecule is Nc1ccccc1C(=O)N/N=C/c1ccc(OCCc2ccccc2)cc1. The first-order valence-electron chi connectivity index (χ1n) is 8.67. The second kappa shape index (κ2) is 9.20. The van der Waals surface area contributed by atoms with Gasteiger partial charge < -0.3 is 10.5 Å². The van der Waals surface area contributed by atoms with Crippen molar-refractivity contribution in [2.24, 2.45) is 5.10 Å². The second-order valence-corrected chi connectivity index (χ2v) is 5.94. The van der Waals surface area contributed by atoms with Crippen LogP contribution in [-0.2, 0) is 6.42 Å². The number of hydrogen-bond acceptors (Lipinski definition) is 4. The van der Waals surface area contributed by atoms with Gasteiger partial charge in [0.1, 0.15) is 5.75 Å². The van der Waals surface area contributed by atoms with Crippen molar-refractivity contribution < 1.29 is 9.53 Å². The van der Waals surface area contributed by atoms with Gasteiger partial charge in [-0.05, 0) is 47.5 Å². The van der Waals surface area contributed by atoms with E-state index >= 15 is 0 Å². The zero-order valence-corrected chi connectivity index (χ0v) is 14.8. The highest BCUT2D eigenvalue weighted by Crippen LogP contribution is 2.12. The van der Waals surface area contributed by atoms with E-state index in [1.807, 2.05) is 42.5 Å². The fourth-order valence-electron chi connectivity index (χ4n) is 2.51. The lowest BCUT2D eigenvalue weighted by Crippen LogP contribution is -2.18. The fourth-order valence-corrected chi connectivity index (χ4v) is 2.51. The first kappa shape index (κ1) is 18.2. The Kier molecular flexibility index (Phi) is 6.20. The van der Waals surface area contributed by atoms with Gasteiger partial charge in [-0.15, -0.1) is 0 Å². The lowest BCUT2D eigenvalue weighted by molar-refractivity contribution is 0.0956. The number of carbonyl (C=O) groups is 1. The molecule has 5 heteroatoms. The molecule has 136 valence electrons. The molecule has 3 aromatic carbocycles. The molecule has 0 unspecified atom stereocenters. The van der Waals surface area contributed by atoms with Crippen molar-refractivity contribution in [3.8, 4) is 5.75 Å². The van der Waals surface area contributed by atoms with E-state index in [4.69, 9.17) is 10.5 Å². The van der Waals surface area contributed by atoms with Gasteiger partial charge in [0.15, 0.2) is 0 Å². The summed E-state index contributed by atoms with van der Waals surface area (Å²) in [5.41, 5.74) is 11.2. The summed E-state index contributed by atoms with van der Waals surface area (Å²) < 4.78 is 5.75. The molecule has 0 radical (unpaired) electrons. The van der Waals surface area contributed by atoms with E-state index in [0.717, 1.165) is 17.7 Å². The molecule has 0 atom stereocenters. The van der Waals surface area contributed by atoms with Crippen molar-refractivity contribution in [2.75, 3.05) is 12.3 Å². The summed E-state index contributed by atoms with van der Waals surface area (Å²) in [7, 11) is 0. The standard InChI is InChI=1S/C22H21N3O2/c23-21-9-5-4-8-20(21)22(26)25-24-16-18-10-12-19(13-11-18)27-15-14-17-6-2-1-3-7-17/h1-13,16H,14-15,23H2,(H,25,26)/b24-16+. The highest BCUT2D eigenvalue weighted by atomic mass is 16.5. The van der Waals surface area contributed by atoms with Crippen molar-refractivity contribution in [3.63, 3.8) is 0 Å². The van der Waals surface area contributed by atoms with Gasteiger partial charge in [-0.1, -0.05) is 42.5 Å². The molecule has 0 spiro atoms. The number of nitrogens with zero attached hydrogens (tertiary/aromatic N) is 1. The first-order valence-corrected chi connectivity index (χ1v) is 8.67. The summed E-state index contributed by atoms with van der Waals surface area (Å²) >= 11 is 0. The fraction of sp³-hybridized carbons (Fsp3) is 0.0909. The highest BCUT2D eigenvalue weighted by Gasteiger charge is 2.06. The number of carbonyl (C=O) groups excluding carboxylic acids is 1. The maximum absolute atomic E-state index is 12.0.